The van der Waals surface area contributed by atoms with E-state index in [2.05, 4.69) is 5.32 Å². The highest BCUT2D eigenvalue weighted by Gasteiger charge is 2.08. The predicted octanol–water partition coefficient (Wildman–Crippen LogP) is 3.26. The Bertz CT molecular complexity index is 654. The first-order chi connectivity index (χ1) is 9.08. The summed E-state index contributed by atoms with van der Waals surface area (Å²) in [6.07, 6.45) is 0. The molecule has 2 rings (SSSR count). The highest BCUT2D eigenvalue weighted by Crippen LogP contribution is 2.13. The summed E-state index contributed by atoms with van der Waals surface area (Å²) in [6, 6.07) is 12.7. The molecule has 19 heavy (non-hydrogen) atoms. The molecule has 0 aliphatic rings. The summed E-state index contributed by atoms with van der Waals surface area (Å²) in [5.41, 5.74) is 1.88. The van der Waals surface area contributed by atoms with Gasteiger partial charge in [0.1, 0.15) is 5.82 Å². The lowest BCUT2D eigenvalue weighted by Crippen LogP contribution is -2.12. The molecule has 0 saturated carbocycles. The molecular formula is C15H11FN2O. The van der Waals surface area contributed by atoms with Gasteiger partial charge in [-0.1, -0.05) is 6.07 Å². The molecule has 0 aliphatic heterocycles. The molecule has 1 N–H and O–H groups in total. The van der Waals surface area contributed by atoms with E-state index in [0.717, 1.165) is 0 Å². The number of nitrogens with one attached hydrogen (secondary N) is 1. The van der Waals surface area contributed by atoms with E-state index >= 15 is 0 Å². The fraction of sp³-hybridized carbons (Fsp3) is 0.0667. The number of hydrogen-bond donors (Lipinski definition) is 1. The van der Waals surface area contributed by atoms with Gasteiger partial charge in [-0.15, -0.1) is 0 Å². The highest BCUT2D eigenvalue weighted by atomic mass is 19.1. The highest BCUT2D eigenvalue weighted by molar-refractivity contribution is 6.04. The van der Waals surface area contributed by atoms with Gasteiger partial charge < -0.3 is 5.32 Å². The van der Waals surface area contributed by atoms with E-state index in [1.54, 1.807) is 37.3 Å². The standard InChI is InChI=1S/C15H11FN2O/c1-10-5-12(8-13(16)6-10)15(19)18-14-4-2-3-11(7-14)9-17/h2-8H,1H3,(H,18,19). The number of anilines is 1. The molecule has 4 heteroatoms. The maximum atomic E-state index is 13.2. The van der Waals surface area contributed by atoms with Gasteiger partial charge in [-0.05, 0) is 48.9 Å². The van der Waals surface area contributed by atoms with Crippen LogP contribution < -0.4 is 5.32 Å². The molecule has 0 saturated heterocycles. The van der Waals surface area contributed by atoms with E-state index in [0.29, 0.717) is 16.8 Å². The lowest BCUT2D eigenvalue weighted by Gasteiger charge is -2.06. The Balaban J connectivity index is 2.23. The van der Waals surface area contributed by atoms with Crippen LogP contribution in [0.1, 0.15) is 21.5 Å². The van der Waals surface area contributed by atoms with E-state index in [9.17, 15) is 9.18 Å². The summed E-state index contributed by atoms with van der Waals surface area (Å²) in [4.78, 5) is 12.0. The van der Waals surface area contributed by atoms with Crippen LogP contribution in [0.5, 0.6) is 0 Å². The fourth-order valence-corrected chi connectivity index (χ4v) is 1.74. The van der Waals surface area contributed by atoms with E-state index < -0.39 is 11.7 Å². The minimum absolute atomic E-state index is 0.250. The molecule has 2 aromatic rings. The average molecular weight is 254 g/mol. The molecule has 0 unspecified atom stereocenters. The number of benzene rings is 2. The van der Waals surface area contributed by atoms with E-state index in [4.69, 9.17) is 5.26 Å². The number of aryl methyl sites for hydroxylation is 1. The third-order valence-electron chi connectivity index (χ3n) is 2.55. The molecular weight excluding hydrogens is 243 g/mol. The van der Waals surface area contributed by atoms with Crippen molar-refractivity contribution in [2.45, 2.75) is 6.92 Å². The predicted molar refractivity (Wildman–Crippen MR) is 70.2 cm³/mol. The average Bonchev–Trinajstić information content (AvgIpc) is 2.37. The second-order valence-electron chi connectivity index (χ2n) is 4.16. The first kappa shape index (κ1) is 12.8. The summed E-state index contributed by atoms with van der Waals surface area (Å²) >= 11 is 0. The van der Waals surface area contributed by atoms with E-state index in [-0.39, 0.29) is 5.56 Å². The van der Waals surface area contributed by atoms with Crippen LogP contribution in [0, 0.1) is 24.1 Å². The van der Waals surface area contributed by atoms with Gasteiger partial charge in [-0.2, -0.15) is 5.26 Å². The monoisotopic (exact) mass is 254 g/mol. The minimum Gasteiger partial charge on any atom is -0.322 e. The van der Waals surface area contributed by atoms with Gasteiger partial charge in [0.05, 0.1) is 11.6 Å². The third kappa shape index (κ3) is 3.17. The fourth-order valence-electron chi connectivity index (χ4n) is 1.74. The third-order valence-corrected chi connectivity index (χ3v) is 2.55. The Hall–Kier alpha value is -2.67. The molecule has 1 amide bonds. The van der Waals surface area contributed by atoms with Crippen molar-refractivity contribution in [1.29, 1.82) is 5.26 Å². The van der Waals surface area contributed by atoms with Gasteiger partial charge in [0.25, 0.3) is 5.91 Å². The summed E-state index contributed by atoms with van der Waals surface area (Å²) < 4.78 is 13.2. The molecule has 0 fully saturated rings. The topological polar surface area (TPSA) is 52.9 Å². The van der Waals surface area contributed by atoms with Crippen molar-refractivity contribution < 1.29 is 9.18 Å². The summed E-state index contributed by atoms with van der Waals surface area (Å²) in [5.74, 6) is -0.853. The molecule has 0 radical (unpaired) electrons. The quantitative estimate of drug-likeness (QED) is 0.894. The summed E-state index contributed by atoms with van der Waals surface area (Å²) in [7, 11) is 0. The summed E-state index contributed by atoms with van der Waals surface area (Å²) in [6.45, 7) is 1.72. The number of carbonyl (C=O) groups excluding carboxylic acids is 1. The van der Waals surface area contributed by atoms with Crippen LogP contribution in [0.25, 0.3) is 0 Å². The van der Waals surface area contributed by atoms with Crippen LogP contribution >= 0.6 is 0 Å². The van der Waals surface area contributed by atoms with Crippen molar-refractivity contribution in [2.24, 2.45) is 0 Å². The maximum absolute atomic E-state index is 13.2. The second kappa shape index (κ2) is 5.32. The Morgan fingerprint density at radius 3 is 2.74 bits per heavy atom. The Morgan fingerprint density at radius 2 is 2.05 bits per heavy atom. The van der Waals surface area contributed by atoms with E-state index in [1.807, 2.05) is 6.07 Å². The van der Waals surface area contributed by atoms with Gasteiger partial charge in [-0.3, -0.25) is 4.79 Å². The smallest absolute Gasteiger partial charge is 0.255 e. The van der Waals surface area contributed by atoms with Crippen molar-refractivity contribution >= 4 is 11.6 Å². The number of amides is 1. The van der Waals surface area contributed by atoms with Gasteiger partial charge in [0.15, 0.2) is 0 Å². The van der Waals surface area contributed by atoms with Crippen LogP contribution in [0.3, 0.4) is 0 Å². The number of carbonyl (C=O) groups is 1. The van der Waals surface area contributed by atoms with Crippen LogP contribution in [0.4, 0.5) is 10.1 Å². The van der Waals surface area contributed by atoms with Crippen LogP contribution in [-0.4, -0.2) is 5.91 Å². The molecule has 94 valence electrons. The normalized spacial score (nSPS) is 9.74. The van der Waals surface area contributed by atoms with E-state index in [1.165, 1.54) is 12.1 Å². The lowest BCUT2D eigenvalue weighted by atomic mass is 10.1. The second-order valence-corrected chi connectivity index (χ2v) is 4.16. The van der Waals surface area contributed by atoms with Gasteiger partial charge >= 0.3 is 0 Å². The van der Waals surface area contributed by atoms with Crippen molar-refractivity contribution in [1.82, 2.24) is 0 Å². The van der Waals surface area contributed by atoms with Crippen molar-refractivity contribution in [3.63, 3.8) is 0 Å². The molecule has 0 spiro atoms. The zero-order valence-electron chi connectivity index (χ0n) is 10.3. The van der Waals surface area contributed by atoms with Gasteiger partial charge in [0, 0.05) is 11.3 Å². The zero-order chi connectivity index (χ0) is 13.8. The van der Waals surface area contributed by atoms with Crippen molar-refractivity contribution in [3.05, 3.63) is 65.0 Å². The number of hydrogen-bond acceptors (Lipinski definition) is 2. The summed E-state index contributed by atoms with van der Waals surface area (Å²) in [5, 5.41) is 11.4. The number of nitrogens with zero attached hydrogens (tertiary/aromatic N) is 1. The molecule has 0 atom stereocenters. The van der Waals surface area contributed by atoms with Crippen LogP contribution in [0.2, 0.25) is 0 Å². The Morgan fingerprint density at radius 1 is 1.26 bits per heavy atom. The first-order valence-electron chi connectivity index (χ1n) is 5.67. The van der Waals surface area contributed by atoms with Crippen molar-refractivity contribution in [2.75, 3.05) is 5.32 Å². The van der Waals surface area contributed by atoms with Gasteiger partial charge in [0.2, 0.25) is 0 Å². The first-order valence-corrected chi connectivity index (χ1v) is 5.67. The Kier molecular flexibility index (Phi) is 3.58. The molecule has 0 aromatic heterocycles. The minimum atomic E-state index is -0.448. The molecule has 3 nitrogen and oxygen atoms in total. The van der Waals surface area contributed by atoms with Crippen molar-refractivity contribution in [3.8, 4) is 6.07 Å². The molecule has 2 aromatic carbocycles. The zero-order valence-corrected chi connectivity index (χ0v) is 10.3. The molecule has 0 aliphatic carbocycles. The molecule has 0 heterocycles. The lowest BCUT2D eigenvalue weighted by molar-refractivity contribution is 0.102. The maximum Gasteiger partial charge on any atom is 0.255 e. The number of rotatable bonds is 2. The van der Waals surface area contributed by atoms with Gasteiger partial charge in [-0.25, -0.2) is 4.39 Å². The molecule has 0 bridgehead atoms. The number of halogens is 1. The number of nitriles is 1. The Labute approximate surface area is 110 Å². The van der Waals surface area contributed by atoms with Crippen LogP contribution in [0.15, 0.2) is 42.5 Å². The largest absolute Gasteiger partial charge is 0.322 e. The van der Waals surface area contributed by atoms with Crippen LogP contribution in [-0.2, 0) is 0 Å². The SMILES string of the molecule is Cc1cc(F)cc(C(=O)Nc2cccc(C#N)c2)c1.